The first-order valence-electron chi connectivity index (χ1n) is 12.2. The molecule has 0 bridgehead atoms. The maximum Gasteiger partial charge on any atom is 0.405 e. The van der Waals surface area contributed by atoms with Crippen molar-refractivity contribution in [1.29, 1.82) is 5.26 Å². The van der Waals surface area contributed by atoms with Gasteiger partial charge in [-0.25, -0.2) is 8.78 Å². The van der Waals surface area contributed by atoms with Gasteiger partial charge in [0.25, 0.3) is 17.4 Å². The lowest BCUT2D eigenvalue weighted by Gasteiger charge is -2.32. The normalized spacial score (nSPS) is 16.7. The Bertz CT molecular complexity index is 1480. The number of likely N-dealkylation sites (N-methyl/N-ethyl adjacent to an activating group) is 1. The highest BCUT2D eigenvalue weighted by molar-refractivity contribution is 7.07. The number of anilines is 2. The first-order valence-corrected chi connectivity index (χ1v) is 13.0. The van der Waals surface area contributed by atoms with Crippen LogP contribution in [0.25, 0.3) is 11.8 Å². The number of nitriles is 1. The van der Waals surface area contributed by atoms with E-state index in [9.17, 15) is 41.6 Å². The first-order chi connectivity index (χ1) is 18.7. The number of hydrogen-bond donors (Lipinski definition) is 2. The molecule has 1 aromatic carbocycles. The minimum atomic E-state index is -4.67. The molecule has 9 nitrogen and oxygen atoms in total. The average molecular weight is 587 g/mol. The SMILES string of the molecule is CCn1c(=O)/c(=C\Nc2cccc(N(C)C(=O)CN3CCCC(F)(F)C3)c2)s/c1=C(/C#N)C(=O)NCC(F)(F)F. The molecule has 2 heterocycles. The minimum Gasteiger partial charge on any atom is -0.360 e. The smallest absolute Gasteiger partial charge is 0.360 e. The molecule has 0 radical (unpaired) electrons. The highest BCUT2D eigenvalue weighted by Gasteiger charge is 2.36. The van der Waals surface area contributed by atoms with E-state index in [1.807, 2.05) is 0 Å². The molecule has 40 heavy (non-hydrogen) atoms. The van der Waals surface area contributed by atoms with Gasteiger partial charge in [0.05, 0.1) is 13.1 Å². The van der Waals surface area contributed by atoms with Gasteiger partial charge in [0, 0.05) is 37.6 Å². The zero-order valence-electron chi connectivity index (χ0n) is 21.6. The van der Waals surface area contributed by atoms with Gasteiger partial charge < -0.3 is 15.5 Å². The van der Waals surface area contributed by atoms with Gasteiger partial charge in [-0.05, 0) is 38.1 Å². The summed E-state index contributed by atoms with van der Waals surface area (Å²) in [5.41, 5.74) is -0.257. The average Bonchev–Trinajstić information content (AvgIpc) is 3.20. The predicted molar refractivity (Wildman–Crippen MR) is 140 cm³/mol. The number of hydrogen-bond acceptors (Lipinski definition) is 7. The lowest BCUT2D eigenvalue weighted by atomic mass is 10.1. The summed E-state index contributed by atoms with van der Waals surface area (Å²) >= 11 is 0.758. The van der Waals surface area contributed by atoms with Crippen molar-refractivity contribution in [3.05, 3.63) is 43.8 Å². The van der Waals surface area contributed by atoms with Crippen LogP contribution in [0.4, 0.5) is 33.3 Å². The van der Waals surface area contributed by atoms with Crippen molar-refractivity contribution in [2.45, 2.75) is 38.4 Å². The molecule has 1 aliphatic rings. The van der Waals surface area contributed by atoms with Gasteiger partial charge in [-0.15, -0.1) is 11.3 Å². The Balaban J connectivity index is 1.82. The number of nitrogens with one attached hydrogen (secondary N) is 2. The topological polar surface area (TPSA) is 110 Å². The zero-order chi connectivity index (χ0) is 29.7. The van der Waals surface area contributed by atoms with E-state index >= 15 is 0 Å². The molecule has 0 saturated carbocycles. The number of rotatable bonds is 8. The first kappa shape index (κ1) is 30.8. The van der Waals surface area contributed by atoms with Crippen LogP contribution < -0.4 is 30.3 Å². The van der Waals surface area contributed by atoms with Crippen LogP contribution in [0.5, 0.6) is 0 Å². The van der Waals surface area contributed by atoms with Crippen molar-refractivity contribution in [3.8, 4) is 6.07 Å². The van der Waals surface area contributed by atoms with Gasteiger partial charge in [0.15, 0.2) is 5.57 Å². The molecule has 0 unspecified atom stereocenters. The summed E-state index contributed by atoms with van der Waals surface area (Å²) in [5.74, 6) is -4.46. The Labute approximate surface area is 229 Å². The van der Waals surface area contributed by atoms with Crippen LogP contribution in [0.2, 0.25) is 0 Å². The lowest BCUT2D eigenvalue weighted by molar-refractivity contribution is -0.135. The number of aromatic nitrogens is 1. The molecule has 3 rings (SSSR count). The number of piperidine rings is 1. The molecule has 2 aromatic rings. The molecule has 1 fully saturated rings. The molecular weight excluding hydrogens is 559 g/mol. The Morgan fingerprint density at radius 1 is 1.30 bits per heavy atom. The Kier molecular flexibility index (Phi) is 9.69. The number of benzene rings is 1. The molecule has 15 heteroatoms. The van der Waals surface area contributed by atoms with Gasteiger partial charge in [0.2, 0.25) is 5.91 Å². The Hall–Kier alpha value is -3.77. The maximum absolute atomic E-state index is 13.7. The van der Waals surface area contributed by atoms with Gasteiger partial charge in [-0.3, -0.25) is 23.9 Å². The standard InChI is InChI=1S/C25H27F5N6O3S/c1-3-36-22(39)19(40-23(36)18(11-31)21(38)33-14-25(28,29)30)12-32-16-6-4-7-17(10-16)34(2)20(37)13-35-9-5-8-24(26,27)15-35/h4,6-7,10,12,32H,3,5,8-9,13-15H2,1-2H3,(H,33,38)/b19-12+,23-18-. The summed E-state index contributed by atoms with van der Waals surface area (Å²) in [5, 5.41) is 14.0. The summed E-state index contributed by atoms with van der Waals surface area (Å²) in [7, 11) is 1.52. The third kappa shape index (κ3) is 7.89. The van der Waals surface area contributed by atoms with E-state index in [2.05, 4.69) is 5.32 Å². The number of likely N-dealkylation sites (tertiary alicyclic amines) is 1. The van der Waals surface area contributed by atoms with Crippen LogP contribution in [0, 0.1) is 11.3 Å². The van der Waals surface area contributed by atoms with E-state index in [4.69, 9.17) is 0 Å². The largest absolute Gasteiger partial charge is 0.405 e. The van der Waals surface area contributed by atoms with E-state index in [1.54, 1.807) is 42.6 Å². The van der Waals surface area contributed by atoms with E-state index in [-0.39, 0.29) is 34.6 Å². The van der Waals surface area contributed by atoms with Gasteiger partial charge >= 0.3 is 6.18 Å². The number of thiazole rings is 1. The third-order valence-corrected chi connectivity index (χ3v) is 7.16. The van der Waals surface area contributed by atoms with Gasteiger partial charge in [-0.2, -0.15) is 18.4 Å². The monoisotopic (exact) mass is 586 g/mol. The maximum atomic E-state index is 13.7. The van der Waals surface area contributed by atoms with Crippen molar-refractivity contribution in [2.24, 2.45) is 0 Å². The highest BCUT2D eigenvalue weighted by Crippen LogP contribution is 2.26. The van der Waals surface area contributed by atoms with E-state index in [1.165, 1.54) is 23.0 Å². The second kappa shape index (κ2) is 12.6. The van der Waals surface area contributed by atoms with Crippen LogP contribution >= 0.6 is 11.3 Å². The van der Waals surface area contributed by atoms with Crippen molar-refractivity contribution < 1.29 is 31.5 Å². The number of carbonyl (C=O) groups is 2. The van der Waals surface area contributed by atoms with Crippen LogP contribution in [-0.2, 0) is 16.1 Å². The molecule has 1 aliphatic heterocycles. The number of carbonyl (C=O) groups excluding carboxylic acids is 2. The van der Waals surface area contributed by atoms with Crippen LogP contribution in [-0.4, -0.2) is 66.6 Å². The van der Waals surface area contributed by atoms with Crippen LogP contribution in [0.15, 0.2) is 29.1 Å². The van der Waals surface area contributed by atoms with E-state index in [0.29, 0.717) is 24.3 Å². The number of halogens is 5. The fourth-order valence-corrected chi connectivity index (χ4v) is 5.12. The number of amides is 2. The predicted octanol–water partition coefficient (Wildman–Crippen LogP) is 1.83. The van der Waals surface area contributed by atoms with Crippen molar-refractivity contribution in [1.82, 2.24) is 14.8 Å². The van der Waals surface area contributed by atoms with E-state index in [0.717, 1.165) is 15.9 Å². The zero-order valence-corrected chi connectivity index (χ0v) is 22.5. The summed E-state index contributed by atoms with van der Waals surface area (Å²) < 4.78 is 65.9. The van der Waals surface area contributed by atoms with Crippen molar-refractivity contribution in [3.63, 3.8) is 0 Å². The third-order valence-electron chi connectivity index (χ3n) is 6.03. The second-order valence-electron chi connectivity index (χ2n) is 9.07. The fraction of sp³-hybridized carbons (Fsp3) is 0.440. The molecule has 0 spiro atoms. The highest BCUT2D eigenvalue weighted by atomic mass is 32.1. The molecule has 1 saturated heterocycles. The fourth-order valence-electron chi connectivity index (χ4n) is 4.03. The molecular formula is C25H27F5N6O3S. The van der Waals surface area contributed by atoms with Crippen molar-refractivity contribution in [2.75, 3.05) is 43.4 Å². The molecule has 1 aromatic heterocycles. The Morgan fingerprint density at radius 2 is 2.02 bits per heavy atom. The number of alkyl halides is 5. The molecule has 2 N–H and O–H groups in total. The van der Waals surface area contributed by atoms with Gasteiger partial charge in [-0.1, -0.05) is 6.07 Å². The second-order valence-corrected chi connectivity index (χ2v) is 10.1. The molecule has 216 valence electrons. The summed E-state index contributed by atoms with van der Waals surface area (Å²) in [4.78, 5) is 40.6. The minimum absolute atomic E-state index is 0.0571. The van der Waals surface area contributed by atoms with Crippen LogP contribution in [0.1, 0.15) is 19.8 Å². The van der Waals surface area contributed by atoms with Gasteiger partial charge in [0.1, 0.15) is 21.8 Å². The quantitative estimate of drug-likeness (QED) is 0.457. The van der Waals surface area contributed by atoms with E-state index < -0.39 is 42.2 Å². The molecule has 0 atom stereocenters. The molecule has 2 amide bonds. The lowest BCUT2D eigenvalue weighted by Crippen LogP contribution is -2.47. The van der Waals surface area contributed by atoms with Crippen molar-refractivity contribution >= 4 is 46.3 Å². The van der Waals surface area contributed by atoms with Crippen LogP contribution in [0.3, 0.4) is 0 Å². The Morgan fingerprint density at radius 3 is 2.65 bits per heavy atom. The summed E-state index contributed by atoms with van der Waals surface area (Å²) in [6, 6.07) is 8.11. The summed E-state index contributed by atoms with van der Waals surface area (Å²) in [6.07, 6.45) is -3.25. The molecule has 0 aliphatic carbocycles. The summed E-state index contributed by atoms with van der Waals surface area (Å²) in [6.45, 7) is -0.231. The number of nitrogens with zero attached hydrogens (tertiary/aromatic N) is 4.